The molecule has 0 unspecified atom stereocenters. The molecule has 0 spiro atoms. The van der Waals surface area contributed by atoms with Crippen molar-refractivity contribution in [3.05, 3.63) is 45.3 Å². The predicted octanol–water partition coefficient (Wildman–Crippen LogP) is 3.07. The topological polar surface area (TPSA) is 62.2 Å². The third-order valence-electron chi connectivity index (χ3n) is 2.67. The Balaban J connectivity index is 2.20. The predicted molar refractivity (Wildman–Crippen MR) is 72.3 cm³/mol. The van der Waals surface area contributed by atoms with Crippen LogP contribution in [0.15, 0.2) is 22.9 Å². The number of pyridine rings is 1. The number of anilines is 1. The van der Waals surface area contributed by atoms with E-state index >= 15 is 0 Å². The third-order valence-corrected chi connectivity index (χ3v) is 3.58. The second kappa shape index (κ2) is 5.18. The molecule has 0 aliphatic carbocycles. The molecule has 0 aliphatic heterocycles. The molecule has 0 atom stereocenters. The lowest BCUT2D eigenvalue weighted by Crippen LogP contribution is -2.09. The number of carboxylic acids is 1. The van der Waals surface area contributed by atoms with Crippen molar-refractivity contribution in [3.63, 3.8) is 0 Å². The number of nitrogens with one attached hydrogen (secondary N) is 1. The van der Waals surface area contributed by atoms with E-state index in [-0.39, 0.29) is 5.56 Å². The molecule has 94 valence electrons. The molecule has 0 amide bonds. The minimum absolute atomic E-state index is 0.202. The van der Waals surface area contributed by atoms with Gasteiger partial charge in [-0.25, -0.2) is 9.78 Å². The summed E-state index contributed by atoms with van der Waals surface area (Å²) in [7, 11) is 0. The van der Waals surface area contributed by atoms with Gasteiger partial charge in [-0.05, 0) is 47.9 Å². The summed E-state index contributed by atoms with van der Waals surface area (Å²) in [5, 5.41) is 16.3. The Hall–Kier alpha value is -1.88. The number of aromatic carboxylic acids is 1. The quantitative estimate of drug-likeness (QED) is 0.889. The van der Waals surface area contributed by atoms with Gasteiger partial charge < -0.3 is 10.4 Å². The molecule has 0 saturated heterocycles. The number of aromatic nitrogens is 1. The molecular weight excluding hydrogens is 248 g/mol. The highest BCUT2D eigenvalue weighted by Gasteiger charge is 2.11. The van der Waals surface area contributed by atoms with E-state index in [4.69, 9.17) is 5.11 Å². The van der Waals surface area contributed by atoms with E-state index in [1.54, 1.807) is 23.5 Å². The summed E-state index contributed by atoms with van der Waals surface area (Å²) in [6.07, 6.45) is 0. The van der Waals surface area contributed by atoms with Gasteiger partial charge in [0.25, 0.3) is 0 Å². The number of hydrogen-bond donors (Lipinski definition) is 2. The standard InChI is InChI=1S/C13H14N2O2S/c1-8-6-18-7-10(8)5-14-12-11(13(16)17)4-3-9(2)15-12/h3-4,6-7H,5H2,1-2H3,(H,14,15)(H,16,17). The number of nitrogens with zero attached hydrogens (tertiary/aromatic N) is 1. The highest BCUT2D eigenvalue weighted by molar-refractivity contribution is 7.08. The smallest absolute Gasteiger partial charge is 0.339 e. The van der Waals surface area contributed by atoms with Crippen molar-refractivity contribution in [1.82, 2.24) is 4.98 Å². The molecule has 2 rings (SSSR count). The average molecular weight is 262 g/mol. The number of thiophene rings is 1. The third kappa shape index (κ3) is 2.68. The van der Waals surface area contributed by atoms with Crippen LogP contribution in [0.2, 0.25) is 0 Å². The van der Waals surface area contributed by atoms with Crippen molar-refractivity contribution in [1.29, 1.82) is 0 Å². The number of hydrogen-bond acceptors (Lipinski definition) is 4. The van der Waals surface area contributed by atoms with Crippen LogP contribution in [-0.4, -0.2) is 16.1 Å². The highest BCUT2D eigenvalue weighted by atomic mass is 32.1. The Kier molecular flexibility index (Phi) is 3.62. The van der Waals surface area contributed by atoms with Gasteiger partial charge in [0.05, 0.1) is 0 Å². The number of rotatable bonds is 4. The molecule has 2 N–H and O–H groups in total. The van der Waals surface area contributed by atoms with E-state index in [2.05, 4.69) is 21.1 Å². The maximum absolute atomic E-state index is 11.1. The van der Waals surface area contributed by atoms with Crippen LogP contribution in [-0.2, 0) is 6.54 Å². The largest absolute Gasteiger partial charge is 0.478 e. The lowest BCUT2D eigenvalue weighted by atomic mass is 10.2. The Labute approximate surface area is 109 Å². The van der Waals surface area contributed by atoms with E-state index in [1.807, 2.05) is 13.8 Å². The van der Waals surface area contributed by atoms with Gasteiger partial charge >= 0.3 is 5.97 Å². The van der Waals surface area contributed by atoms with Crippen LogP contribution in [0.25, 0.3) is 0 Å². The Bertz CT molecular complexity index is 578. The van der Waals surface area contributed by atoms with Crippen LogP contribution in [0.3, 0.4) is 0 Å². The minimum atomic E-state index is -0.966. The summed E-state index contributed by atoms with van der Waals surface area (Å²) in [6, 6.07) is 3.28. The van der Waals surface area contributed by atoms with Gasteiger partial charge in [-0.2, -0.15) is 11.3 Å². The molecule has 0 aromatic carbocycles. The van der Waals surface area contributed by atoms with E-state index in [1.165, 1.54) is 11.1 Å². The number of carbonyl (C=O) groups is 1. The lowest BCUT2D eigenvalue weighted by Gasteiger charge is -2.09. The normalized spacial score (nSPS) is 10.3. The first-order chi connectivity index (χ1) is 8.58. The summed E-state index contributed by atoms with van der Waals surface area (Å²) >= 11 is 1.64. The number of aryl methyl sites for hydroxylation is 2. The van der Waals surface area contributed by atoms with Gasteiger partial charge in [-0.15, -0.1) is 0 Å². The second-order valence-corrected chi connectivity index (χ2v) is 4.83. The van der Waals surface area contributed by atoms with Crippen LogP contribution >= 0.6 is 11.3 Å². The van der Waals surface area contributed by atoms with Crippen LogP contribution in [0, 0.1) is 13.8 Å². The Morgan fingerprint density at radius 3 is 2.78 bits per heavy atom. The van der Waals surface area contributed by atoms with E-state index < -0.39 is 5.97 Å². The fraction of sp³-hybridized carbons (Fsp3) is 0.231. The molecule has 0 bridgehead atoms. The van der Waals surface area contributed by atoms with E-state index in [0.717, 1.165) is 5.69 Å². The first-order valence-corrected chi connectivity index (χ1v) is 6.48. The Morgan fingerprint density at radius 1 is 1.39 bits per heavy atom. The van der Waals surface area contributed by atoms with Crippen molar-refractivity contribution in [2.24, 2.45) is 0 Å². The average Bonchev–Trinajstić information content (AvgIpc) is 2.72. The summed E-state index contributed by atoms with van der Waals surface area (Å²) in [6.45, 7) is 4.47. The first-order valence-electron chi connectivity index (χ1n) is 5.54. The van der Waals surface area contributed by atoms with Gasteiger partial charge in [0.2, 0.25) is 0 Å². The maximum atomic E-state index is 11.1. The molecule has 0 saturated carbocycles. The molecule has 0 aliphatic rings. The van der Waals surface area contributed by atoms with Crippen LogP contribution < -0.4 is 5.32 Å². The molecular formula is C13H14N2O2S. The molecule has 18 heavy (non-hydrogen) atoms. The maximum Gasteiger partial charge on any atom is 0.339 e. The summed E-state index contributed by atoms with van der Waals surface area (Å²) in [4.78, 5) is 15.3. The zero-order valence-electron chi connectivity index (χ0n) is 10.2. The van der Waals surface area contributed by atoms with Gasteiger partial charge in [-0.3, -0.25) is 0 Å². The summed E-state index contributed by atoms with van der Waals surface area (Å²) in [5.41, 5.74) is 3.37. The Morgan fingerprint density at radius 2 is 2.17 bits per heavy atom. The molecule has 4 nitrogen and oxygen atoms in total. The monoisotopic (exact) mass is 262 g/mol. The SMILES string of the molecule is Cc1ccc(C(=O)O)c(NCc2cscc2C)n1. The molecule has 5 heteroatoms. The van der Waals surface area contributed by atoms with Gasteiger partial charge in [0.15, 0.2) is 0 Å². The second-order valence-electron chi connectivity index (χ2n) is 4.09. The zero-order chi connectivity index (χ0) is 13.1. The van der Waals surface area contributed by atoms with Crippen molar-refractivity contribution in [3.8, 4) is 0 Å². The fourth-order valence-corrected chi connectivity index (χ4v) is 2.47. The molecule has 2 heterocycles. The van der Waals surface area contributed by atoms with Crippen LogP contribution in [0.1, 0.15) is 27.2 Å². The van der Waals surface area contributed by atoms with Gasteiger partial charge in [0.1, 0.15) is 11.4 Å². The highest BCUT2D eigenvalue weighted by Crippen LogP contribution is 2.18. The van der Waals surface area contributed by atoms with Crippen LogP contribution in [0.4, 0.5) is 5.82 Å². The number of carboxylic acid groups (broad SMARTS) is 1. The van der Waals surface area contributed by atoms with Crippen molar-refractivity contribution < 1.29 is 9.90 Å². The first kappa shape index (κ1) is 12.6. The van der Waals surface area contributed by atoms with E-state index in [0.29, 0.717) is 12.4 Å². The van der Waals surface area contributed by atoms with Crippen LogP contribution in [0.5, 0.6) is 0 Å². The zero-order valence-corrected chi connectivity index (χ0v) is 11.0. The van der Waals surface area contributed by atoms with Gasteiger partial charge in [-0.1, -0.05) is 0 Å². The summed E-state index contributed by atoms with van der Waals surface area (Å²) in [5.74, 6) is -0.542. The fourth-order valence-electron chi connectivity index (χ4n) is 1.61. The van der Waals surface area contributed by atoms with Crippen molar-refractivity contribution in [2.75, 3.05) is 5.32 Å². The molecule has 2 aromatic rings. The molecule has 2 aromatic heterocycles. The lowest BCUT2D eigenvalue weighted by molar-refractivity contribution is 0.0697. The minimum Gasteiger partial charge on any atom is -0.478 e. The van der Waals surface area contributed by atoms with Crippen molar-refractivity contribution in [2.45, 2.75) is 20.4 Å². The van der Waals surface area contributed by atoms with Crippen molar-refractivity contribution >= 4 is 23.1 Å². The molecule has 0 fully saturated rings. The van der Waals surface area contributed by atoms with Gasteiger partial charge in [0, 0.05) is 12.2 Å². The summed E-state index contributed by atoms with van der Waals surface area (Å²) < 4.78 is 0. The van der Waals surface area contributed by atoms with E-state index in [9.17, 15) is 4.79 Å². The molecule has 0 radical (unpaired) electrons.